The fourth-order valence-corrected chi connectivity index (χ4v) is 2.56. The van der Waals surface area contributed by atoms with E-state index in [0.29, 0.717) is 11.3 Å². The first-order valence-electron chi connectivity index (χ1n) is 7.93. The van der Waals surface area contributed by atoms with Gasteiger partial charge >= 0.3 is 5.97 Å². The lowest BCUT2D eigenvalue weighted by atomic mass is 10.2. The number of hydrogen-bond acceptors (Lipinski definition) is 5. The lowest BCUT2D eigenvalue weighted by molar-refractivity contribution is 0.0600. The molecule has 1 aromatic heterocycles. The molecule has 0 saturated heterocycles. The molecule has 0 fully saturated rings. The van der Waals surface area contributed by atoms with E-state index in [0.717, 1.165) is 16.7 Å². The quantitative estimate of drug-likeness (QED) is 0.606. The molecule has 0 amide bonds. The van der Waals surface area contributed by atoms with Gasteiger partial charge in [0, 0.05) is 11.6 Å². The van der Waals surface area contributed by atoms with Crippen molar-refractivity contribution in [1.82, 2.24) is 9.55 Å². The highest BCUT2D eigenvalue weighted by molar-refractivity contribution is 6.31. The lowest BCUT2D eigenvalue weighted by Crippen LogP contribution is -2.20. The van der Waals surface area contributed by atoms with Gasteiger partial charge in [-0.2, -0.15) is 0 Å². The van der Waals surface area contributed by atoms with E-state index in [1.807, 2.05) is 0 Å². The van der Waals surface area contributed by atoms with Gasteiger partial charge in [-0.25, -0.2) is 18.6 Å². The molecular formula is C19H13ClF2N2O4. The number of carbonyl (C=O) groups is 1. The zero-order valence-electron chi connectivity index (χ0n) is 14.5. The molecule has 0 N–H and O–H groups in total. The smallest absolute Gasteiger partial charge is 0.337 e. The summed E-state index contributed by atoms with van der Waals surface area (Å²) in [6, 6.07) is 9.08. The fourth-order valence-electron chi connectivity index (χ4n) is 2.36. The molecule has 0 aliphatic carbocycles. The van der Waals surface area contributed by atoms with E-state index in [9.17, 15) is 18.4 Å². The molecule has 0 saturated carbocycles. The minimum absolute atomic E-state index is 0.0850. The van der Waals surface area contributed by atoms with Crippen molar-refractivity contribution in [3.8, 4) is 11.6 Å². The Morgan fingerprint density at radius 3 is 2.54 bits per heavy atom. The summed E-state index contributed by atoms with van der Waals surface area (Å²) < 4.78 is 37.7. The Balaban J connectivity index is 1.83. The molecule has 144 valence electrons. The second-order valence-electron chi connectivity index (χ2n) is 5.60. The van der Waals surface area contributed by atoms with Crippen molar-refractivity contribution < 1.29 is 23.0 Å². The summed E-state index contributed by atoms with van der Waals surface area (Å²) in [7, 11) is 1.26. The highest BCUT2D eigenvalue weighted by Gasteiger charge is 2.14. The van der Waals surface area contributed by atoms with Crippen molar-refractivity contribution >= 4 is 17.6 Å². The number of ether oxygens (including phenoxy) is 2. The van der Waals surface area contributed by atoms with Crippen molar-refractivity contribution in [2.45, 2.75) is 6.61 Å². The predicted octanol–water partition coefficient (Wildman–Crippen LogP) is 3.53. The Labute approximate surface area is 162 Å². The highest BCUT2D eigenvalue weighted by atomic mass is 35.5. The van der Waals surface area contributed by atoms with Crippen LogP contribution in [0, 0.1) is 11.6 Å². The van der Waals surface area contributed by atoms with Crippen LogP contribution in [0.5, 0.6) is 5.88 Å². The molecule has 2 aromatic carbocycles. The van der Waals surface area contributed by atoms with Crippen LogP contribution in [-0.2, 0) is 11.3 Å². The topological polar surface area (TPSA) is 70.4 Å². The van der Waals surface area contributed by atoms with E-state index in [-0.39, 0.29) is 23.1 Å². The minimum atomic E-state index is -0.782. The van der Waals surface area contributed by atoms with E-state index in [2.05, 4.69) is 9.72 Å². The van der Waals surface area contributed by atoms with Gasteiger partial charge in [0.05, 0.1) is 18.4 Å². The molecule has 6 nitrogen and oxygen atoms in total. The number of hydrogen-bond donors (Lipinski definition) is 0. The number of rotatable bonds is 5. The maximum absolute atomic E-state index is 13.7. The van der Waals surface area contributed by atoms with Gasteiger partial charge in [-0.15, -0.1) is 0 Å². The molecule has 0 radical (unpaired) electrons. The molecule has 0 aliphatic heterocycles. The van der Waals surface area contributed by atoms with Crippen LogP contribution in [0.2, 0.25) is 5.02 Å². The van der Waals surface area contributed by atoms with Crippen LogP contribution >= 0.6 is 11.6 Å². The van der Waals surface area contributed by atoms with Gasteiger partial charge in [0.15, 0.2) is 5.02 Å². The number of nitrogens with zero attached hydrogens (tertiary/aromatic N) is 2. The van der Waals surface area contributed by atoms with Gasteiger partial charge in [-0.05, 0) is 36.4 Å². The summed E-state index contributed by atoms with van der Waals surface area (Å²) in [5.41, 5.74) is 0.210. The van der Waals surface area contributed by atoms with E-state index in [4.69, 9.17) is 16.3 Å². The molecule has 0 aliphatic rings. The van der Waals surface area contributed by atoms with Crippen LogP contribution in [0.1, 0.15) is 15.9 Å². The lowest BCUT2D eigenvalue weighted by Gasteiger charge is -2.10. The average Bonchev–Trinajstić information content (AvgIpc) is 2.70. The maximum atomic E-state index is 13.7. The second-order valence-corrected chi connectivity index (χ2v) is 5.98. The first-order chi connectivity index (χ1) is 13.4. The minimum Gasteiger partial charge on any atom is -0.471 e. The van der Waals surface area contributed by atoms with Gasteiger partial charge in [-0.1, -0.05) is 11.6 Å². The van der Waals surface area contributed by atoms with Gasteiger partial charge < -0.3 is 9.47 Å². The van der Waals surface area contributed by atoms with Crippen LogP contribution in [0.3, 0.4) is 0 Å². The number of esters is 1. The van der Waals surface area contributed by atoms with E-state index in [1.165, 1.54) is 43.8 Å². The standard InChI is InChI=1S/C19H13ClF2N2O4/c1-27-19(26)11-3-6-14(7-4-11)24-10-23-17(16(20)18(24)25)28-9-12-2-5-13(21)8-15(12)22/h2-8,10H,9H2,1H3. The summed E-state index contributed by atoms with van der Waals surface area (Å²) in [6.07, 6.45) is 1.19. The monoisotopic (exact) mass is 406 g/mol. The average molecular weight is 407 g/mol. The largest absolute Gasteiger partial charge is 0.471 e. The van der Waals surface area contributed by atoms with Crippen molar-refractivity contribution in [3.05, 3.63) is 86.9 Å². The van der Waals surface area contributed by atoms with Gasteiger partial charge in [0.1, 0.15) is 24.6 Å². The first-order valence-corrected chi connectivity index (χ1v) is 8.31. The SMILES string of the molecule is COC(=O)c1ccc(-n2cnc(OCc3ccc(F)cc3F)c(Cl)c2=O)cc1. The Morgan fingerprint density at radius 1 is 1.18 bits per heavy atom. The van der Waals surface area contributed by atoms with Gasteiger partial charge in [0.2, 0.25) is 5.88 Å². The molecule has 0 spiro atoms. The van der Waals surface area contributed by atoms with Crippen molar-refractivity contribution in [3.63, 3.8) is 0 Å². The summed E-state index contributed by atoms with van der Waals surface area (Å²) in [6.45, 7) is -0.282. The summed E-state index contributed by atoms with van der Waals surface area (Å²) in [4.78, 5) is 27.9. The van der Waals surface area contributed by atoms with Crippen LogP contribution in [0.15, 0.2) is 53.6 Å². The third kappa shape index (κ3) is 4.01. The van der Waals surface area contributed by atoms with Crippen LogP contribution in [0.25, 0.3) is 5.69 Å². The Kier molecular flexibility index (Phi) is 5.70. The summed E-state index contributed by atoms with van der Waals surface area (Å²) in [5, 5.41) is -0.304. The third-order valence-corrected chi connectivity index (χ3v) is 4.15. The van der Waals surface area contributed by atoms with Gasteiger partial charge in [0.25, 0.3) is 5.56 Å². The normalized spacial score (nSPS) is 10.6. The fraction of sp³-hybridized carbons (Fsp3) is 0.105. The van der Waals surface area contributed by atoms with Crippen molar-refractivity contribution in [1.29, 1.82) is 0 Å². The van der Waals surface area contributed by atoms with Crippen molar-refractivity contribution in [2.24, 2.45) is 0 Å². The molecule has 3 rings (SSSR count). The van der Waals surface area contributed by atoms with Gasteiger partial charge in [-0.3, -0.25) is 9.36 Å². The Bertz CT molecular complexity index is 1080. The molecule has 3 aromatic rings. The zero-order chi connectivity index (χ0) is 20.3. The summed E-state index contributed by atoms with van der Waals surface area (Å²) >= 11 is 6.03. The van der Waals surface area contributed by atoms with E-state index < -0.39 is 23.2 Å². The number of aromatic nitrogens is 2. The number of methoxy groups -OCH3 is 1. The van der Waals surface area contributed by atoms with E-state index in [1.54, 1.807) is 0 Å². The van der Waals surface area contributed by atoms with Crippen LogP contribution < -0.4 is 10.3 Å². The van der Waals surface area contributed by atoms with Crippen molar-refractivity contribution in [2.75, 3.05) is 7.11 Å². The first kappa shape index (κ1) is 19.5. The van der Waals surface area contributed by atoms with Crippen LogP contribution in [-0.4, -0.2) is 22.6 Å². The molecule has 28 heavy (non-hydrogen) atoms. The number of halogens is 3. The Hall–Kier alpha value is -3.26. The maximum Gasteiger partial charge on any atom is 0.337 e. The molecule has 9 heteroatoms. The summed E-state index contributed by atoms with van der Waals surface area (Å²) in [5.74, 6) is -2.18. The zero-order valence-corrected chi connectivity index (χ0v) is 15.2. The number of carbonyl (C=O) groups excluding carboxylic acids is 1. The Morgan fingerprint density at radius 2 is 1.89 bits per heavy atom. The molecule has 0 unspecified atom stereocenters. The predicted molar refractivity (Wildman–Crippen MR) is 96.9 cm³/mol. The molecule has 0 atom stereocenters. The van der Waals surface area contributed by atoms with E-state index >= 15 is 0 Å². The molecular weight excluding hydrogens is 394 g/mol. The van der Waals surface area contributed by atoms with Crippen LogP contribution in [0.4, 0.5) is 8.78 Å². The molecule has 0 bridgehead atoms. The highest BCUT2D eigenvalue weighted by Crippen LogP contribution is 2.20. The number of benzene rings is 2. The third-order valence-electron chi connectivity index (χ3n) is 3.83. The second kappa shape index (κ2) is 8.18. The molecule has 1 heterocycles.